The molecule has 0 fully saturated rings. The number of ketones is 1. The van der Waals surface area contributed by atoms with Crippen LogP contribution in [0.3, 0.4) is 0 Å². The summed E-state index contributed by atoms with van der Waals surface area (Å²) in [5, 5.41) is 19.9. The average Bonchev–Trinajstić information content (AvgIpc) is 2.92. The fourth-order valence-electron chi connectivity index (χ4n) is 1.40. The first kappa shape index (κ1) is 13.1. The lowest BCUT2D eigenvalue weighted by atomic mass is 10.3. The molecular weight excluding hydrogens is 270 g/mol. The highest BCUT2D eigenvalue weighted by Crippen LogP contribution is 2.24. The Hall–Kier alpha value is -2.29. The molecule has 8 nitrogen and oxygen atoms in total. The molecule has 0 atom stereocenters. The lowest BCUT2D eigenvalue weighted by Gasteiger charge is -2.00. The van der Waals surface area contributed by atoms with Gasteiger partial charge in [0.15, 0.2) is 22.4 Å². The predicted octanol–water partition coefficient (Wildman–Crippen LogP) is 0.784. The van der Waals surface area contributed by atoms with E-state index in [0.717, 1.165) is 11.3 Å². The Balaban J connectivity index is 2.18. The third-order valence-electron chi connectivity index (χ3n) is 2.35. The molecule has 2 rings (SSSR count). The van der Waals surface area contributed by atoms with Crippen LogP contribution in [0.1, 0.15) is 32.9 Å². The van der Waals surface area contributed by atoms with Gasteiger partial charge in [-0.15, -0.1) is 10.2 Å². The Morgan fingerprint density at radius 3 is 2.74 bits per heavy atom. The maximum absolute atomic E-state index is 11.3. The van der Waals surface area contributed by atoms with Crippen molar-refractivity contribution in [3.8, 4) is 0 Å². The summed E-state index contributed by atoms with van der Waals surface area (Å²) in [4.78, 5) is 26.3. The molecule has 9 heteroatoms. The SMILES string of the molecule is CC(=O)c1sc(NCc2nncn2C)nc1C(=O)O. The first-order valence-electron chi connectivity index (χ1n) is 5.31. The van der Waals surface area contributed by atoms with Crippen molar-refractivity contribution in [3.63, 3.8) is 0 Å². The molecule has 2 heterocycles. The Bertz CT molecular complexity index is 601. The van der Waals surface area contributed by atoms with Crippen LogP contribution in [0.4, 0.5) is 5.13 Å². The zero-order chi connectivity index (χ0) is 14.0. The number of aromatic carboxylic acids is 1. The number of hydrogen-bond acceptors (Lipinski definition) is 7. The fraction of sp³-hybridized carbons (Fsp3) is 0.300. The first-order valence-corrected chi connectivity index (χ1v) is 6.12. The number of Topliss-reactive ketones (excluding diaryl/α,β-unsaturated/α-hetero) is 1. The summed E-state index contributed by atoms with van der Waals surface area (Å²) in [5.74, 6) is -0.855. The van der Waals surface area contributed by atoms with Crippen LogP contribution in [-0.2, 0) is 13.6 Å². The lowest BCUT2D eigenvalue weighted by molar-refractivity contribution is 0.0687. The topological polar surface area (TPSA) is 110 Å². The summed E-state index contributed by atoms with van der Waals surface area (Å²) >= 11 is 1.01. The summed E-state index contributed by atoms with van der Waals surface area (Å²) in [5.41, 5.74) is -0.224. The van der Waals surface area contributed by atoms with Crippen molar-refractivity contribution in [1.29, 1.82) is 0 Å². The summed E-state index contributed by atoms with van der Waals surface area (Å²) in [6.45, 7) is 1.66. The van der Waals surface area contributed by atoms with E-state index >= 15 is 0 Å². The number of carbonyl (C=O) groups excluding carboxylic acids is 1. The molecule has 0 aliphatic heterocycles. The second kappa shape index (κ2) is 5.14. The number of rotatable bonds is 5. The molecule has 0 saturated heterocycles. The first-order chi connectivity index (χ1) is 8.99. The molecule has 0 radical (unpaired) electrons. The van der Waals surface area contributed by atoms with E-state index in [2.05, 4.69) is 20.5 Å². The summed E-state index contributed by atoms with van der Waals surface area (Å²) < 4.78 is 1.73. The van der Waals surface area contributed by atoms with Crippen molar-refractivity contribution in [3.05, 3.63) is 22.7 Å². The third-order valence-corrected chi connectivity index (χ3v) is 3.47. The van der Waals surface area contributed by atoms with E-state index < -0.39 is 5.97 Å². The van der Waals surface area contributed by atoms with Gasteiger partial charge in [-0.3, -0.25) is 4.79 Å². The van der Waals surface area contributed by atoms with Gasteiger partial charge in [0.1, 0.15) is 11.2 Å². The molecule has 2 aromatic heterocycles. The van der Waals surface area contributed by atoms with Crippen molar-refractivity contribution in [2.45, 2.75) is 13.5 Å². The quantitative estimate of drug-likeness (QED) is 0.779. The molecule has 0 aliphatic rings. The second-order valence-corrected chi connectivity index (χ2v) is 4.77. The van der Waals surface area contributed by atoms with E-state index in [1.165, 1.54) is 6.92 Å². The zero-order valence-corrected chi connectivity index (χ0v) is 11.1. The summed E-state index contributed by atoms with van der Waals surface area (Å²) in [6.07, 6.45) is 1.56. The van der Waals surface area contributed by atoms with Crippen LogP contribution in [-0.4, -0.2) is 36.6 Å². The molecule has 2 N–H and O–H groups in total. The number of nitrogens with one attached hydrogen (secondary N) is 1. The minimum absolute atomic E-state index is 0.132. The fourth-order valence-corrected chi connectivity index (χ4v) is 2.25. The maximum atomic E-state index is 11.3. The summed E-state index contributed by atoms with van der Waals surface area (Å²) in [7, 11) is 1.79. The second-order valence-electron chi connectivity index (χ2n) is 3.77. The molecule has 0 bridgehead atoms. The smallest absolute Gasteiger partial charge is 0.356 e. The minimum Gasteiger partial charge on any atom is -0.476 e. The van der Waals surface area contributed by atoms with Crippen molar-refractivity contribution >= 4 is 28.2 Å². The molecule has 0 saturated carbocycles. The molecule has 0 unspecified atom stereocenters. The molecule has 0 aromatic carbocycles. The number of nitrogens with zero attached hydrogens (tertiary/aromatic N) is 4. The minimum atomic E-state index is -1.21. The van der Waals surface area contributed by atoms with E-state index in [0.29, 0.717) is 17.5 Å². The number of aryl methyl sites for hydroxylation is 1. The Morgan fingerprint density at radius 2 is 2.26 bits per heavy atom. The molecule has 2 aromatic rings. The number of thiazole rings is 1. The normalized spacial score (nSPS) is 10.4. The van der Waals surface area contributed by atoms with Crippen molar-refractivity contribution in [2.24, 2.45) is 7.05 Å². The van der Waals surface area contributed by atoms with Gasteiger partial charge >= 0.3 is 5.97 Å². The predicted molar refractivity (Wildman–Crippen MR) is 67.4 cm³/mol. The van der Waals surface area contributed by atoms with Gasteiger partial charge in [0, 0.05) is 14.0 Å². The van der Waals surface area contributed by atoms with E-state index in [4.69, 9.17) is 5.11 Å². The van der Waals surface area contributed by atoms with Gasteiger partial charge in [-0.25, -0.2) is 9.78 Å². The number of carbonyl (C=O) groups is 2. The number of anilines is 1. The van der Waals surface area contributed by atoms with Gasteiger partial charge < -0.3 is 15.0 Å². The van der Waals surface area contributed by atoms with Crippen LogP contribution in [0.15, 0.2) is 6.33 Å². The average molecular weight is 281 g/mol. The van der Waals surface area contributed by atoms with E-state index in [1.807, 2.05) is 0 Å². The molecule has 0 amide bonds. The van der Waals surface area contributed by atoms with E-state index in [-0.39, 0.29) is 16.4 Å². The van der Waals surface area contributed by atoms with Crippen LogP contribution in [0.2, 0.25) is 0 Å². The summed E-state index contributed by atoms with van der Waals surface area (Å²) in [6, 6.07) is 0. The molecule has 19 heavy (non-hydrogen) atoms. The highest BCUT2D eigenvalue weighted by atomic mass is 32.1. The van der Waals surface area contributed by atoms with Gasteiger partial charge in [-0.2, -0.15) is 0 Å². The molecule has 0 aliphatic carbocycles. The van der Waals surface area contributed by atoms with E-state index in [1.54, 1.807) is 17.9 Å². The van der Waals surface area contributed by atoms with Crippen molar-refractivity contribution < 1.29 is 14.7 Å². The number of hydrogen-bond donors (Lipinski definition) is 2. The van der Waals surface area contributed by atoms with Crippen LogP contribution >= 0.6 is 11.3 Å². The van der Waals surface area contributed by atoms with Gasteiger partial charge in [0.05, 0.1) is 6.54 Å². The van der Waals surface area contributed by atoms with Crippen LogP contribution in [0, 0.1) is 0 Å². The van der Waals surface area contributed by atoms with Gasteiger partial charge in [-0.05, 0) is 0 Å². The van der Waals surface area contributed by atoms with Crippen LogP contribution < -0.4 is 5.32 Å². The Morgan fingerprint density at radius 1 is 1.53 bits per heavy atom. The van der Waals surface area contributed by atoms with Gasteiger partial charge in [0.25, 0.3) is 0 Å². The number of carboxylic acid groups (broad SMARTS) is 1. The Labute approximate surface area is 112 Å². The largest absolute Gasteiger partial charge is 0.476 e. The molecule has 0 spiro atoms. The Kier molecular flexibility index (Phi) is 3.56. The monoisotopic (exact) mass is 281 g/mol. The standard InChI is InChI=1S/C10H11N5O3S/c1-5(16)8-7(9(17)18)13-10(19-8)11-3-6-14-12-4-15(6)2/h4H,3H2,1-2H3,(H,11,13)(H,17,18). The van der Waals surface area contributed by atoms with Crippen LogP contribution in [0.5, 0.6) is 0 Å². The third kappa shape index (κ3) is 2.76. The highest BCUT2D eigenvalue weighted by Gasteiger charge is 2.20. The van der Waals surface area contributed by atoms with Gasteiger partial charge in [0.2, 0.25) is 0 Å². The van der Waals surface area contributed by atoms with Gasteiger partial charge in [-0.1, -0.05) is 11.3 Å². The zero-order valence-electron chi connectivity index (χ0n) is 10.2. The van der Waals surface area contributed by atoms with Crippen LogP contribution in [0.25, 0.3) is 0 Å². The number of carboxylic acids is 1. The number of aromatic nitrogens is 4. The molecular formula is C10H11N5O3S. The highest BCUT2D eigenvalue weighted by molar-refractivity contribution is 7.17. The van der Waals surface area contributed by atoms with E-state index in [9.17, 15) is 9.59 Å². The van der Waals surface area contributed by atoms with Crippen molar-refractivity contribution in [2.75, 3.05) is 5.32 Å². The lowest BCUT2D eigenvalue weighted by Crippen LogP contribution is -2.06. The molecule has 100 valence electrons. The van der Waals surface area contributed by atoms with Crippen molar-refractivity contribution in [1.82, 2.24) is 19.7 Å². The maximum Gasteiger partial charge on any atom is 0.356 e.